The van der Waals surface area contributed by atoms with Crippen molar-refractivity contribution in [3.8, 4) is 0 Å². The summed E-state index contributed by atoms with van der Waals surface area (Å²) >= 11 is 7.76. The lowest BCUT2D eigenvalue weighted by Gasteiger charge is -2.20. The molecule has 0 aliphatic heterocycles. The van der Waals surface area contributed by atoms with E-state index in [1.807, 2.05) is 69.3 Å². The summed E-state index contributed by atoms with van der Waals surface area (Å²) in [5, 5.41) is 1.31. The number of pyridine rings is 1. The van der Waals surface area contributed by atoms with Crippen molar-refractivity contribution in [2.45, 2.75) is 27.3 Å². The summed E-state index contributed by atoms with van der Waals surface area (Å²) < 4.78 is 1.00. The first-order valence-corrected chi connectivity index (χ1v) is 10.5. The molecule has 0 atom stereocenters. The van der Waals surface area contributed by atoms with Crippen LogP contribution in [0.25, 0.3) is 10.2 Å². The molecule has 0 unspecified atom stereocenters. The maximum Gasteiger partial charge on any atom is 0.260 e. The van der Waals surface area contributed by atoms with E-state index in [1.165, 1.54) is 11.3 Å². The van der Waals surface area contributed by atoms with Gasteiger partial charge < -0.3 is 0 Å². The molecule has 0 radical (unpaired) electrons. The number of carbonyl (C=O) groups is 1. The average Bonchev–Trinajstić information content (AvgIpc) is 3.14. The van der Waals surface area contributed by atoms with Crippen LogP contribution in [0.15, 0.2) is 54.7 Å². The summed E-state index contributed by atoms with van der Waals surface area (Å²) in [6.07, 6.45) is 1.73. The van der Waals surface area contributed by atoms with E-state index >= 15 is 0 Å². The van der Waals surface area contributed by atoms with Crippen LogP contribution < -0.4 is 4.90 Å². The third kappa shape index (κ3) is 3.88. The summed E-state index contributed by atoms with van der Waals surface area (Å²) in [4.78, 5) is 24.4. The number of hydrogen-bond donors (Lipinski definition) is 0. The zero-order valence-electron chi connectivity index (χ0n) is 16.4. The standard InChI is InChI=1S/C23H20ClN3OS/c1-14-7-8-18(15(2)12-14)22(28)27(13-17-6-4-5-11-25-17)23-26-21-16(3)19(24)9-10-20(21)29-23/h4-12H,13H2,1-3H3. The number of halogens is 1. The second kappa shape index (κ2) is 7.93. The van der Waals surface area contributed by atoms with Crippen molar-refractivity contribution in [1.29, 1.82) is 0 Å². The van der Waals surface area contributed by atoms with Crippen LogP contribution in [0, 0.1) is 20.8 Å². The van der Waals surface area contributed by atoms with Crippen LogP contribution in [0.1, 0.15) is 32.7 Å². The monoisotopic (exact) mass is 421 g/mol. The molecule has 1 amide bonds. The Hall–Kier alpha value is -2.76. The van der Waals surface area contributed by atoms with Gasteiger partial charge in [0.15, 0.2) is 5.13 Å². The highest BCUT2D eigenvalue weighted by Crippen LogP contribution is 2.35. The zero-order chi connectivity index (χ0) is 20.5. The van der Waals surface area contributed by atoms with Gasteiger partial charge in [0, 0.05) is 16.8 Å². The molecule has 0 spiro atoms. The fourth-order valence-electron chi connectivity index (χ4n) is 3.28. The average molecular weight is 422 g/mol. The molecule has 0 bridgehead atoms. The zero-order valence-corrected chi connectivity index (χ0v) is 18.0. The summed E-state index contributed by atoms with van der Waals surface area (Å²) in [5.41, 5.74) is 5.29. The first kappa shape index (κ1) is 19.6. The Labute approximate surface area is 178 Å². The van der Waals surface area contributed by atoms with Gasteiger partial charge in [-0.1, -0.05) is 46.7 Å². The number of aryl methyl sites for hydroxylation is 3. The molecule has 146 valence electrons. The second-order valence-electron chi connectivity index (χ2n) is 7.05. The fraction of sp³-hybridized carbons (Fsp3) is 0.174. The van der Waals surface area contributed by atoms with Crippen molar-refractivity contribution < 1.29 is 4.79 Å². The number of amides is 1. The van der Waals surface area contributed by atoms with Crippen LogP contribution in [0.3, 0.4) is 0 Å². The van der Waals surface area contributed by atoms with Crippen molar-refractivity contribution in [1.82, 2.24) is 9.97 Å². The van der Waals surface area contributed by atoms with Crippen LogP contribution in [-0.4, -0.2) is 15.9 Å². The molecule has 0 aliphatic rings. The van der Waals surface area contributed by atoms with Crippen LogP contribution in [0.2, 0.25) is 5.02 Å². The third-order valence-electron chi connectivity index (χ3n) is 4.87. The molecule has 4 rings (SSSR count). The van der Waals surface area contributed by atoms with Gasteiger partial charge >= 0.3 is 0 Å². The van der Waals surface area contributed by atoms with Gasteiger partial charge in [-0.3, -0.25) is 14.7 Å². The molecule has 0 saturated heterocycles. The van der Waals surface area contributed by atoms with Crippen molar-refractivity contribution in [2.75, 3.05) is 4.90 Å². The van der Waals surface area contributed by atoms with Crippen LogP contribution in [-0.2, 0) is 6.54 Å². The van der Waals surface area contributed by atoms with Crippen molar-refractivity contribution in [3.63, 3.8) is 0 Å². The Bertz CT molecular complexity index is 1200. The smallest absolute Gasteiger partial charge is 0.260 e. The number of aromatic nitrogens is 2. The Morgan fingerprint density at radius 3 is 2.66 bits per heavy atom. The summed E-state index contributed by atoms with van der Waals surface area (Å²) in [6, 6.07) is 15.4. The van der Waals surface area contributed by atoms with E-state index < -0.39 is 0 Å². The Kier molecular flexibility index (Phi) is 5.35. The molecule has 0 N–H and O–H groups in total. The number of benzene rings is 2. The maximum atomic E-state index is 13.5. The molecule has 0 aliphatic carbocycles. The molecule has 0 fully saturated rings. The lowest BCUT2D eigenvalue weighted by atomic mass is 10.0. The minimum atomic E-state index is -0.0871. The molecule has 2 aromatic carbocycles. The Morgan fingerprint density at radius 2 is 1.93 bits per heavy atom. The lowest BCUT2D eigenvalue weighted by Crippen LogP contribution is -2.31. The number of thiazole rings is 1. The Balaban J connectivity index is 1.82. The van der Waals surface area contributed by atoms with E-state index in [2.05, 4.69) is 4.98 Å². The molecule has 29 heavy (non-hydrogen) atoms. The van der Waals surface area contributed by atoms with E-state index in [-0.39, 0.29) is 5.91 Å². The first-order valence-electron chi connectivity index (χ1n) is 9.28. The van der Waals surface area contributed by atoms with E-state index in [4.69, 9.17) is 16.6 Å². The minimum absolute atomic E-state index is 0.0871. The molecular formula is C23H20ClN3OS. The highest BCUT2D eigenvalue weighted by Gasteiger charge is 2.24. The molecule has 4 nitrogen and oxygen atoms in total. The SMILES string of the molecule is Cc1ccc(C(=O)N(Cc2ccccn2)c2nc3c(C)c(Cl)ccc3s2)c(C)c1. The Morgan fingerprint density at radius 1 is 1.10 bits per heavy atom. The number of nitrogens with zero attached hydrogens (tertiary/aromatic N) is 3. The van der Waals surface area contributed by atoms with Gasteiger partial charge in [0.25, 0.3) is 5.91 Å². The normalized spacial score (nSPS) is 11.0. The van der Waals surface area contributed by atoms with Gasteiger partial charge in [-0.15, -0.1) is 0 Å². The summed E-state index contributed by atoms with van der Waals surface area (Å²) in [6.45, 7) is 6.28. The van der Waals surface area contributed by atoms with Gasteiger partial charge in [-0.05, 0) is 62.2 Å². The van der Waals surface area contributed by atoms with Gasteiger partial charge in [-0.2, -0.15) is 0 Å². The van der Waals surface area contributed by atoms with E-state index in [0.717, 1.165) is 32.6 Å². The molecular weight excluding hydrogens is 402 g/mol. The van der Waals surface area contributed by atoms with Crippen molar-refractivity contribution >= 4 is 44.2 Å². The second-order valence-corrected chi connectivity index (χ2v) is 8.46. The summed E-state index contributed by atoms with van der Waals surface area (Å²) in [7, 11) is 0. The lowest BCUT2D eigenvalue weighted by molar-refractivity contribution is 0.0984. The van der Waals surface area contributed by atoms with E-state index in [1.54, 1.807) is 11.1 Å². The largest absolute Gasteiger partial charge is 0.278 e. The topological polar surface area (TPSA) is 46.1 Å². The number of carbonyl (C=O) groups excluding carboxylic acids is 1. The quantitative estimate of drug-likeness (QED) is 0.399. The van der Waals surface area contributed by atoms with E-state index in [9.17, 15) is 4.79 Å². The molecule has 0 saturated carbocycles. The van der Waals surface area contributed by atoms with Crippen LogP contribution in [0.4, 0.5) is 5.13 Å². The predicted molar refractivity (Wildman–Crippen MR) is 120 cm³/mol. The summed E-state index contributed by atoms with van der Waals surface area (Å²) in [5.74, 6) is -0.0871. The molecule has 6 heteroatoms. The van der Waals surface area contributed by atoms with Gasteiger partial charge in [0.2, 0.25) is 0 Å². The van der Waals surface area contributed by atoms with Gasteiger partial charge in [0.1, 0.15) is 0 Å². The van der Waals surface area contributed by atoms with Crippen LogP contribution in [0.5, 0.6) is 0 Å². The number of hydrogen-bond acceptors (Lipinski definition) is 4. The predicted octanol–water partition coefficient (Wildman–Crippen LogP) is 6.12. The maximum absolute atomic E-state index is 13.5. The number of anilines is 1. The van der Waals surface area contributed by atoms with Crippen molar-refractivity contribution in [2.24, 2.45) is 0 Å². The number of rotatable bonds is 4. The van der Waals surface area contributed by atoms with Gasteiger partial charge in [0.05, 0.1) is 22.5 Å². The highest BCUT2D eigenvalue weighted by atomic mass is 35.5. The molecule has 4 aromatic rings. The van der Waals surface area contributed by atoms with Crippen molar-refractivity contribution in [3.05, 3.63) is 87.7 Å². The molecule has 2 aromatic heterocycles. The third-order valence-corrected chi connectivity index (χ3v) is 6.32. The first-order chi connectivity index (χ1) is 13.9. The van der Waals surface area contributed by atoms with Gasteiger partial charge in [-0.25, -0.2) is 4.98 Å². The fourth-order valence-corrected chi connectivity index (χ4v) is 4.46. The van der Waals surface area contributed by atoms with Crippen LogP contribution >= 0.6 is 22.9 Å². The van der Waals surface area contributed by atoms with E-state index in [0.29, 0.717) is 22.3 Å². The highest BCUT2D eigenvalue weighted by molar-refractivity contribution is 7.22. The minimum Gasteiger partial charge on any atom is -0.278 e. The molecule has 2 heterocycles. The number of fused-ring (bicyclic) bond motifs is 1.